The van der Waals surface area contributed by atoms with Crippen LogP contribution in [0, 0.1) is 50.2 Å². The predicted molar refractivity (Wildman–Crippen MR) is 266 cm³/mol. The van der Waals surface area contributed by atoms with Crippen molar-refractivity contribution in [1.29, 1.82) is 0 Å². The molecular weight excluding hydrogens is 1070 g/mol. The smallest absolute Gasteiger partial charge is 0.547 e. The maximum atomic E-state index is 13.4. The number of aliphatic hydroxyl groups excluding tert-OH is 12. The van der Waals surface area contributed by atoms with Crippen LogP contribution in [-0.2, 0) is 52.3 Å². The van der Waals surface area contributed by atoms with E-state index < -0.39 is 199 Å². The van der Waals surface area contributed by atoms with Gasteiger partial charge in [-0.3, -0.25) is 4.79 Å². The van der Waals surface area contributed by atoms with Gasteiger partial charge in [0.25, 0.3) is 0 Å². The van der Waals surface area contributed by atoms with E-state index in [1.54, 1.807) is 19.9 Å². The minimum absolute atomic E-state index is 0. The van der Waals surface area contributed by atoms with Crippen molar-refractivity contribution in [3.05, 3.63) is 23.3 Å². The van der Waals surface area contributed by atoms with Gasteiger partial charge < -0.3 is 109 Å². The molecule has 24 nitrogen and oxygen atoms in total. The molecule has 12 N–H and O–H groups in total. The van der Waals surface area contributed by atoms with E-state index >= 15 is 0 Å². The summed E-state index contributed by atoms with van der Waals surface area (Å²) >= 11 is 0. The molecule has 3 heterocycles. The van der Waals surface area contributed by atoms with Crippen molar-refractivity contribution >= 4 is 17.9 Å². The zero-order valence-corrected chi connectivity index (χ0v) is 49.4. The number of allylic oxidation sites excluding steroid dienone is 3. The Morgan fingerprint density at radius 3 is 1.76 bits per heavy atom. The van der Waals surface area contributed by atoms with Gasteiger partial charge in [0.15, 0.2) is 18.9 Å². The van der Waals surface area contributed by atoms with Crippen molar-refractivity contribution in [3.63, 3.8) is 0 Å². The van der Waals surface area contributed by atoms with Crippen LogP contribution in [0.4, 0.5) is 0 Å². The van der Waals surface area contributed by atoms with Crippen molar-refractivity contribution < 1.29 is 148 Å². The first-order chi connectivity index (χ1) is 36.9. The summed E-state index contributed by atoms with van der Waals surface area (Å²) in [4.78, 5) is 39.4. The molecular formula is C55H85NaO24. The van der Waals surface area contributed by atoms with Crippen LogP contribution in [0.1, 0.15) is 107 Å². The topological polar surface area (TPSA) is 391 Å². The van der Waals surface area contributed by atoms with E-state index in [2.05, 4.69) is 26.8 Å². The minimum atomic E-state index is -2.27. The normalized spacial score (nSPS) is 50.0. The van der Waals surface area contributed by atoms with Crippen molar-refractivity contribution in [1.82, 2.24) is 0 Å². The van der Waals surface area contributed by atoms with Crippen LogP contribution in [0.3, 0.4) is 0 Å². The van der Waals surface area contributed by atoms with Gasteiger partial charge in [-0.1, -0.05) is 59.3 Å². The summed E-state index contributed by atoms with van der Waals surface area (Å²) in [5.41, 5.74) is -3.84. The molecule has 25 heteroatoms. The Morgan fingerprint density at radius 1 is 0.675 bits per heavy atom. The molecule has 3 aliphatic heterocycles. The third-order valence-corrected chi connectivity index (χ3v) is 21.0. The van der Waals surface area contributed by atoms with E-state index in [-0.39, 0.29) is 54.2 Å². The molecule has 0 unspecified atom stereocenters. The molecule has 8 aliphatic rings. The fourth-order valence-corrected chi connectivity index (χ4v) is 16.2. The van der Waals surface area contributed by atoms with Gasteiger partial charge in [-0.25, -0.2) is 4.79 Å². The van der Waals surface area contributed by atoms with E-state index in [0.29, 0.717) is 37.7 Å². The van der Waals surface area contributed by atoms with Gasteiger partial charge in [0.1, 0.15) is 85.5 Å². The van der Waals surface area contributed by atoms with Crippen LogP contribution in [0.5, 0.6) is 0 Å². The zero-order valence-electron chi connectivity index (χ0n) is 47.4. The summed E-state index contributed by atoms with van der Waals surface area (Å²) in [5, 5.41) is 145. The Bertz CT molecular complexity index is 2300. The van der Waals surface area contributed by atoms with E-state index in [1.165, 1.54) is 6.92 Å². The standard InChI is InChI=1S/C55H86O24.Na/c1-10-23(2)46(71)79-43-44(72-24(3)60)55(22-59)26(17-50(43,4)5)25-11-12-30-51(6)15-14-32(52(7,21-58)29(51)13-16-53(30,8)54(25,9)18-31(55)61)75-49-41(77-48-38(67)36(65)34(63)28(20-57)74-48)39(68)40(42(78-49)45(69)70)76-47-37(66)35(64)33(62)27(19-56)73-47;/h10-11,26-44,47-49,56-59,61-68H,12-22H2,1-9H3,(H,69,70);/q;+1/p-1/b23-10-;/t26-,27+,28+,29+,30+,31+,32-,33+,34+,35-,36-,37+,38+,39-,40-,41+,42-,43-,44-,47-,48-,49+,51-,52+,53+,54+,55-;/m0./s1. The van der Waals surface area contributed by atoms with Crippen LogP contribution < -0.4 is 34.7 Å². The van der Waals surface area contributed by atoms with Crippen LogP contribution >= 0.6 is 0 Å². The average Bonchev–Trinajstić information content (AvgIpc) is 3.50. The molecule has 0 spiro atoms. The number of ether oxygens (including phenoxy) is 8. The Hall–Kier alpha value is -1.83. The molecule has 0 bridgehead atoms. The fraction of sp³-hybridized carbons (Fsp3) is 0.873. The van der Waals surface area contributed by atoms with Crippen molar-refractivity contribution in [2.24, 2.45) is 50.2 Å². The first kappa shape index (κ1) is 65.7. The summed E-state index contributed by atoms with van der Waals surface area (Å²) in [6.07, 6.45) is -27.0. The van der Waals surface area contributed by atoms with Gasteiger partial charge in [-0.05, 0) is 92.8 Å². The first-order valence-corrected chi connectivity index (χ1v) is 27.7. The molecule has 3 saturated heterocycles. The maximum absolute atomic E-state index is 13.4. The molecule has 4 saturated carbocycles. The Morgan fingerprint density at radius 2 is 1.25 bits per heavy atom. The van der Waals surface area contributed by atoms with Crippen LogP contribution in [0.2, 0.25) is 0 Å². The molecule has 5 aliphatic carbocycles. The van der Waals surface area contributed by atoms with Gasteiger partial charge in [0.2, 0.25) is 0 Å². The van der Waals surface area contributed by atoms with Gasteiger partial charge >= 0.3 is 41.5 Å². The number of aliphatic hydroxyl groups is 12. The molecule has 450 valence electrons. The number of esters is 2. The van der Waals surface area contributed by atoms with Gasteiger partial charge in [-0.2, -0.15) is 0 Å². The summed E-state index contributed by atoms with van der Waals surface area (Å²) < 4.78 is 48.0. The van der Waals surface area contributed by atoms with Gasteiger partial charge in [0, 0.05) is 23.3 Å². The summed E-state index contributed by atoms with van der Waals surface area (Å²) in [5.74, 6) is -4.16. The van der Waals surface area contributed by atoms with Crippen molar-refractivity contribution in [3.8, 4) is 0 Å². The molecule has 0 aromatic heterocycles. The number of hydrogen-bond acceptors (Lipinski definition) is 24. The summed E-state index contributed by atoms with van der Waals surface area (Å²) in [7, 11) is 0. The molecule has 27 atom stereocenters. The second-order valence-electron chi connectivity index (χ2n) is 25.5. The van der Waals surface area contributed by atoms with E-state index in [4.69, 9.17) is 37.9 Å². The summed E-state index contributed by atoms with van der Waals surface area (Å²) in [6.45, 7) is 14.0. The fourth-order valence-electron chi connectivity index (χ4n) is 16.2. The monoisotopic (exact) mass is 1150 g/mol. The summed E-state index contributed by atoms with van der Waals surface area (Å²) in [6, 6.07) is 0. The van der Waals surface area contributed by atoms with E-state index in [9.17, 15) is 80.8 Å². The second kappa shape index (κ2) is 24.1. The molecule has 0 aromatic carbocycles. The molecule has 8 rings (SSSR count). The molecule has 0 amide bonds. The molecule has 0 aromatic rings. The SMILES string of the molecule is C/C=C(/C)C(=O)O[C@H]1[C@H](OC(C)=O)[C@]2(CO)[C@H](O)C[C@]3(C)C(=CC[C@@H]4[C@@]5(C)CC[C@H](O[C@@H]6O[C@H](C(=O)[O-])[C@@H](O[C@@H]7O[C@H](CO)[C@@H](O)[C@H](O)[C@H]7O)[C@H](O)[C@H]6O[C@@H]6O[C@H](CO)[C@@H](O)[C@H](O)[C@H]6O)[C@](C)(CO)[C@@H]5CC[C@]43C)[C@@H]2CC1(C)C.[Na+]. The third kappa shape index (κ3) is 10.5. The van der Waals surface area contributed by atoms with Gasteiger partial charge in [-0.15, -0.1) is 0 Å². The Labute approximate surface area is 487 Å². The Balaban J connectivity index is 0.00000924. The zero-order chi connectivity index (χ0) is 58.4. The molecule has 80 heavy (non-hydrogen) atoms. The first-order valence-electron chi connectivity index (χ1n) is 27.7. The van der Waals surface area contributed by atoms with E-state index in [0.717, 1.165) is 5.57 Å². The number of carboxylic acids is 1. The largest absolute Gasteiger partial charge is 1.00 e. The van der Waals surface area contributed by atoms with E-state index in [1.807, 2.05) is 20.8 Å². The minimum Gasteiger partial charge on any atom is -0.547 e. The van der Waals surface area contributed by atoms with Crippen LogP contribution in [-0.4, -0.2) is 222 Å². The quantitative estimate of drug-likeness (QED) is 0.0254. The number of carbonyl (C=O) groups is 3. The van der Waals surface area contributed by atoms with Gasteiger partial charge in [0.05, 0.1) is 50.0 Å². The number of hydrogen-bond donors (Lipinski definition) is 12. The van der Waals surface area contributed by atoms with Crippen LogP contribution in [0.15, 0.2) is 23.3 Å². The number of carboxylic acid groups (broad SMARTS) is 1. The maximum Gasteiger partial charge on any atom is 1.00 e. The third-order valence-electron chi connectivity index (χ3n) is 21.0. The molecule has 0 radical (unpaired) electrons. The number of carbonyl (C=O) groups excluding carboxylic acids is 3. The second-order valence-corrected chi connectivity index (χ2v) is 25.5. The Kier molecular flexibility index (Phi) is 19.8. The van der Waals surface area contributed by atoms with Crippen molar-refractivity contribution in [2.75, 3.05) is 26.4 Å². The van der Waals surface area contributed by atoms with Crippen LogP contribution in [0.25, 0.3) is 0 Å². The molecule has 7 fully saturated rings. The predicted octanol–water partition coefficient (Wildman–Crippen LogP) is -5.65. The number of fused-ring (bicyclic) bond motifs is 7. The van der Waals surface area contributed by atoms with Crippen molar-refractivity contribution in [2.45, 2.75) is 224 Å². The number of rotatable bonds is 14. The average molecular weight is 1150 g/mol. The number of aliphatic carboxylic acids is 1.